The second kappa shape index (κ2) is 23.9. The van der Waals surface area contributed by atoms with E-state index in [0.717, 1.165) is 65.0 Å². The number of methoxy groups -OCH3 is 3. The zero-order valence-corrected chi connectivity index (χ0v) is 43.1. The van der Waals surface area contributed by atoms with Gasteiger partial charge in [0.05, 0.1) is 81.8 Å². The van der Waals surface area contributed by atoms with Gasteiger partial charge in [0.1, 0.15) is 13.2 Å². The van der Waals surface area contributed by atoms with Crippen LogP contribution in [0.5, 0.6) is 23.0 Å². The van der Waals surface area contributed by atoms with E-state index in [2.05, 4.69) is 22.3 Å². The van der Waals surface area contributed by atoms with Crippen LogP contribution in [0.15, 0.2) is 101 Å². The summed E-state index contributed by atoms with van der Waals surface area (Å²) < 4.78 is 41.8. The summed E-state index contributed by atoms with van der Waals surface area (Å²) in [4.78, 5) is 57.1. The number of aliphatic imine (C=N–C) groups is 2. The maximum absolute atomic E-state index is 14.2. The van der Waals surface area contributed by atoms with Crippen molar-refractivity contribution in [2.24, 2.45) is 9.98 Å². The first-order valence-corrected chi connectivity index (χ1v) is 26.2. The van der Waals surface area contributed by atoms with Gasteiger partial charge in [0.25, 0.3) is 11.8 Å². The summed E-state index contributed by atoms with van der Waals surface area (Å²) in [6, 6.07) is 28.9. The van der Waals surface area contributed by atoms with E-state index in [1.165, 1.54) is 6.42 Å². The van der Waals surface area contributed by atoms with E-state index in [-0.39, 0.29) is 49.1 Å². The summed E-state index contributed by atoms with van der Waals surface area (Å²) in [5, 5.41) is 3.27. The minimum absolute atomic E-state index is 0.0689. The lowest BCUT2D eigenvalue weighted by atomic mass is 9.95. The van der Waals surface area contributed by atoms with Crippen molar-refractivity contribution in [1.82, 2.24) is 5.32 Å². The zero-order chi connectivity index (χ0) is 51.7. The topological polar surface area (TPSA) is 162 Å². The van der Waals surface area contributed by atoms with Crippen molar-refractivity contribution in [1.29, 1.82) is 0 Å². The molecule has 0 unspecified atom stereocenters. The van der Waals surface area contributed by atoms with Gasteiger partial charge >= 0.3 is 0 Å². The van der Waals surface area contributed by atoms with E-state index >= 15 is 0 Å². The van der Waals surface area contributed by atoms with Gasteiger partial charge in [-0.2, -0.15) is 0 Å². The molecule has 1 fully saturated rings. The number of nitrogens with zero attached hydrogens (tertiary/aromatic N) is 5. The Morgan fingerprint density at radius 1 is 0.627 bits per heavy atom. The van der Waals surface area contributed by atoms with Crippen molar-refractivity contribution in [3.05, 3.63) is 124 Å². The Morgan fingerprint density at radius 3 is 1.71 bits per heavy atom. The molecule has 0 radical (unpaired) electrons. The van der Waals surface area contributed by atoms with Crippen LogP contribution in [-0.4, -0.2) is 116 Å². The molecule has 2 atom stereocenters. The fraction of sp³-hybridized carbons (Fsp3) is 0.407. The minimum atomic E-state index is -0.202. The number of amides is 3. The van der Waals surface area contributed by atoms with Crippen LogP contribution in [0.1, 0.15) is 87.9 Å². The first kappa shape index (κ1) is 51.2. The molecule has 392 valence electrons. The smallest absolute Gasteiger partial charge is 0.261 e. The van der Waals surface area contributed by atoms with Crippen LogP contribution in [0, 0.1) is 0 Å². The van der Waals surface area contributed by atoms with Crippen molar-refractivity contribution in [3.63, 3.8) is 0 Å². The average Bonchev–Trinajstić information content (AvgIpc) is 3.94. The van der Waals surface area contributed by atoms with Crippen LogP contribution >= 0.6 is 0 Å². The third kappa shape index (κ3) is 11.7. The predicted octanol–water partition coefficient (Wildman–Crippen LogP) is 9.15. The number of rotatable bonds is 23. The van der Waals surface area contributed by atoms with Crippen LogP contribution in [0.2, 0.25) is 0 Å². The predicted molar refractivity (Wildman–Crippen MR) is 289 cm³/mol. The van der Waals surface area contributed by atoms with Gasteiger partial charge in [-0.3, -0.25) is 34.2 Å². The SMILES string of the molecule is COCCOCCOCCN(CCCC(=O)NC1CCCCC1)c1cc(COc2cc3c(cc2OC)C(=O)N2c4ccccc4C[C@H]2C=N3)cc(COc2cc3c(cc2OC)C(=O)N2c4ccccc4C[C@H]2C=N3)c1. The molecule has 1 N–H and O–H groups in total. The van der Waals surface area contributed by atoms with E-state index in [9.17, 15) is 14.4 Å². The zero-order valence-electron chi connectivity index (χ0n) is 43.1. The van der Waals surface area contributed by atoms with Crippen molar-refractivity contribution in [2.75, 3.05) is 82.2 Å². The molecule has 75 heavy (non-hydrogen) atoms. The molecule has 5 aromatic carbocycles. The average molecular weight is 1020 g/mol. The van der Waals surface area contributed by atoms with E-state index < -0.39 is 0 Å². The Labute approximate surface area is 438 Å². The monoisotopic (exact) mass is 1020 g/mol. The highest BCUT2D eigenvalue weighted by Crippen LogP contribution is 2.43. The Morgan fingerprint density at radius 2 is 1.16 bits per heavy atom. The first-order chi connectivity index (χ1) is 36.8. The van der Waals surface area contributed by atoms with Crippen molar-refractivity contribution in [2.45, 2.75) is 89.1 Å². The quantitative estimate of drug-likeness (QED) is 0.0621. The molecule has 1 aliphatic carbocycles. The molecule has 3 amide bonds. The normalized spacial score (nSPS) is 17.3. The van der Waals surface area contributed by atoms with E-state index in [0.29, 0.717) is 117 Å². The van der Waals surface area contributed by atoms with Gasteiger partial charge in [0.2, 0.25) is 5.91 Å². The molecule has 0 bridgehead atoms. The van der Waals surface area contributed by atoms with Crippen molar-refractivity contribution >= 4 is 58.6 Å². The maximum atomic E-state index is 14.2. The summed E-state index contributed by atoms with van der Waals surface area (Å²) in [5.74, 6) is 1.44. The molecule has 1 saturated carbocycles. The number of hydrogen-bond acceptors (Lipinski definition) is 13. The molecule has 0 aromatic heterocycles. The summed E-state index contributed by atoms with van der Waals surface area (Å²) in [7, 11) is 4.76. The molecule has 0 spiro atoms. The summed E-state index contributed by atoms with van der Waals surface area (Å²) >= 11 is 0. The molecule has 4 aliphatic heterocycles. The number of para-hydroxylation sites is 2. The van der Waals surface area contributed by atoms with Crippen LogP contribution in [-0.2, 0) is 45.1 Å². The first-order valence-electron chi connectivity index (χ1n) is 26.2. The van der Waals surface area contributed by atoms with Crippen LogP contribution in [0.25, 0.3) is 0 Å². The lowest BCUT2D eigenvalue weighted by molar-refractivity contribution is -0.122. The molecular formula is C59H66N6O10. The summed E-state index contributed by atoms with van der Waals surface area (Å²) in [6.45, 7) is 3.65. The maximum Gasteiger partial charge on any atom is 0.261 e. The molecule has 10 rings (SSSR count). The molecule has 5 aliphatic rings. The highest BCUT2D eigenvalue weighted by molar-refractivity contribution is 6.16. The third-order valence-electron chi connectivity index (χ3n) is 14.6. The van der Waals surface area contributed by atoms with Gasteiger partial charge in [-0.25, -0.2) is 0 Å². The largest absolute Gasteiger partial charge is 0.493 e. The van der Waals surface area contributed by atoms with Gasteiger partial charge in [0, 0.05) is 87.1 Å². The molecule has 0 saturated heterocycles. The van der Waals surface area contributed by atoms with Gasteiger partial charge in [-0.05, 0) is 84.0 Å². The van der Waals surface area contributed by atoms with E-state index in [1.54, 1.807) is 45.6 Å². The van der Waals surface area contributed by atoms with Gasteiger partial charge < -0.3 is 43.4 Å². The fourth-order valence-electron chi connectivity index (χ4n) is 10.8. The number of ether oxygens (including phenoxy) is 7. The number of carbonyl (C=O) groups is 3. The van der Waals surface area contributed by atoms with Crippen molar-refractivity contribution in [3.8, 4) is 23.0 Å². The van der Waals surface area contributed by atoms with E-state index in [4.69, 9.17) is 43.1 Å². The Bertz CT molecular complexity index is 2780. The highest BCUT2D eigenvalue weighted by atomic mass is 16.5. The Hall–Kier alpha value is -7.27. The van der Waals surface area contributed by atoms with E-state index in [1.807, 2.05) is 76.8 Å². The minimum Gasteiger partial charge on any atom is -0.493 e. The van der Waals surface area contributed by atoms with Crippen LogP contribution < -0.4 is 39.0 Å². The second-order valence-corrected chi connectivity index (χ2v) is 19.5. The van der Waals surface area contributed by atoms with Gasteiger partial charge in [-0.15, -0.1) is 0 Å². The van der Waals surface area contributed by atoms with Crippen LogP contribution in [0.4, 0.5) is 28.4 Å². The number of fused-ring (bicyclic) bond motifs is 8. The summed E-state index contributed by atoms with van der Waals surface area (Å²) in [6.07, 6.45) is 11.6. The molecule has 5 aromatic rings. The van der Waals surface area contributed by atoms with Gasteiger partial charge in [0.15, 0.2) is 23.0 Å². The lowest BCUT2D eigenvalue weighted by Gasteiger charge is -2.27. The second-order valence-electron chi connectivity index (χ2n) is 19.5. The molecular weight excluding hydrogens is 953 g/mol. The fourth-order valence-corrected chi connectivity index (χ4v) is 10.8. The standard InChI is InChI=1S/C59H66N6O10/c1-69-22-23-73-25-24-72-21-20-63(19-11-18-57(66)62-43-14-5-4-6-15-43)44-27-39(37-74-55-33-49-47(31-53(55)70-2)58(67)64-45(35-60-49)29-41-12-7-9-16-51(41)64)26-40(28-44)38-75-56-34-50-48(32-54(56)71-3)59(68)65-46(36-61-50)30-42-13-8-10-17-52(42)65/h7-10,12-13,16-17,26-28,31-36,43,45-46H,4-6,11,14-15,18-25,29-30,37-38H2,1-3H3,(H,62,66)/t45-,46-/m0/s1. The molecule has 16 heteroatoms. The van der Waals surface area contributed by atoms with Crippen LogP contribution in [0.3, 0.4) is 0 Å². The number of nitrogens with one attached hydrogen (secondary N) is 1. The number of hydrogen-bond donors (Lipinski definition) is 1. The number of benzene rings is 5. The number of anilines is 3. The number of carbonyl (C=O) groups excluding carboxylic acids is 3. The third-order valence-corrected chi connectivity index (χ3v) is 14.6. The van der Waals surface area contributed by atoms with Crippen molar-refractivity contribution < 1.29 is 47.5 Å². The highest BCUT2D eigenvalue weighted by Gasteiger charge is 2.38. The Balaban J connectivity index is 0.922. The summed E-state index contributed by atoms with van der Waals surface area (Å²) in [5.41, 5.74) is 8.39. The molecule has 4 heterocycles. The lowest BCUT2D eigenvalue weighted by Crippen LogP contribution is -2.37. The Kier molecular flexibility index (Phi) is 16.4. The van der Waals surface area contributed by atoms with Gasteiger partial charge in [-0.1, -0.05) is 55.7 Å². The molecule has 16 nitrogen and oxygen atoms in total.